The number of nitrogens with one attached hydrogen (secondary N) is 1. The van der Waals surface area contributed by atoms with Crippen molar-refractivity contribution in [1.82, 2.24) is 14.1 Å². The predicted molar refractivity (Wildman–Crippen MR) is 130 cm³/mol. The summed E-state index contributed by atoms with van der Waals surface area (Å²) in [4.78, 5) is 30.7. The van der Waals surface area contributed by atoms with Crippen molar-refractivity contribution in [3.63, 3.8) is 0 Å². The lowest BCUT2D eigenvalue weighted by molar-refractivity contribution is -0.113. The molecule has 2 heterocycles. The van der Waals surface area contributed by atoms with Crippen LogP contribution in [0.25, 0.3) is 21.9 Å². The molecule has 2 aromatic carbocycles. The van der Waals surface area contributed by atoms with Crippen molar-refractivity contribution in [3.05, 3.63) is 58.4 Å². The number of benzene rings is 2. The molecule has 7 nitrogen and oxygen atoms in total. The van der Waals surface area contributed by atoms with Crippen LogP contribution < -0.4 is 15.6 Å². The molecule has 4 aromatic rings. The van der Waals surface area contributed by atoms with E-state index in [2.05, 4.69) is 12.2 Å². The van der Waals surface area contributed by atoms with Gasteiger partial charge in [0.1, 0.15) is 16.8 Å². The zero-order chi connectivity index (χ0) is 22.8. The number of hydrogen-bond acceptors (Lipinski definition) is 5. The number of thioether (sulfide) groups is 1. The monoisotopic (exact) mass is 450 g/mol. The van der Waals surface area contributed by atoms with E-state index in [1.807, 2.05) is 61.0 Å². The molecule has 0 aliphatic rings. The molecule has 0 unspecified atom stereocenters. The summed E-state index contributed by atoms with van der Waals surface area (Å²) in [6, 6.07) is 13.5. The van der Waals surface area contributed by atoms with E-state index >= 15 is 0 Å². The van der Waals surface area contributed by atoms with E-state index < -0.39 is 0 Å². The van der Waals surface area contributed by atoms with Crippen LogP contribution in [0.4, 0.5) is 5.69 Å². The van der Waals surface area contributed by atoms with Gasteiger partial charge in [0.2, 0.25) is 5.91 Å². The number of rotatable bonds is 7. The highest BCUT2D eigenvalue weighted by molar-refractivity contribution is 7.99. The molecule has 0 saturated carbocycles. The van der Waals surface area contributed by atoms with Crippen molar-refractivity contribution < 1.29 is 9.53 Å². The van der Waals surface area contributed by atoms with Crippen LogP contribution in [0, 0.1) is 0 Å². The van der Waals surface area contributed by atoms with Crippen LogP contribution in [0.15, 0.2) is 52.4 Å². The van der Waals surface area contributed by atoms with E-state index in [9.17, 15) is 9.59 Å². The first-order valence-corrected chi connectivity index (χ1v) is 11.5. The normalized spacial score (nSPS) is 11.2. The van der Waals surface area contributed by atoms with Crippen molar-refractivity contribution in [2.24, 2.45) is 7.05 Å². The Bertz CT molecular complexity index is 1370. The molecule has 1 N–H and O–H groups in total. The summed E-state index contributed by atoms with van der Waals surface area (Å²) >= 11 is 1.27. The van der Waals surface area contributed by atoms with Gasteiger partial charge in [-0.2, -0.15) is 0 Å². The fraction of sp³-hybridized carbons (Fsp3) is 0.292. The number of aromatic nitrogens is 3. The van der Waals surface area contributed by atoms with E-state index in [1.54, 1.807) is 11.7 Å². The Morgan fingerprint density at radius 1 is 1.19 bits per heavy atom. The minimum absolute atomic E-state index is 0.116. The first-order chi connectivity index (χ1) is 15.5. The lowest BCUT2D eigenvalue weighted by Gasteiger charge is -2.12. The molecule has 0 saturated heterocycles. The van der Waals surface area contributed by atoms with Gasteiger partial charge in [0.25, 0.3) is 5.56 Å². The second-order valence-corrected chi connectivity index (χ2v) is 8.37. The van der Waals surface area contributed by atoms with Crippen LogP contribution in [0.3, 0.4) is 0 Å². The molecule has 1 amide bonds. The maximum atomic E-state index is 13.3. The van der Waals surface area contributed by atoms with Gasteiger partial charge in [-0.15, -0.1) is 0 Å². The molecule has 0 fully saturated rings. The highest BCUT2D eigenvalue weighted by atomic mass is 32.2. The van der Waals surface area contributed by atoms with Crippen LogP contribution in [0.5, 0.6) is 5.75 Å². The predicted octanol–water partition coefficient (Wildman–Crippen LogP) is 4.21. The molecule has 2 aromatic heterocycles. The van der Waals surface area contributed by atoms with E-state index in [-0.39, 0.29) is 17.2 Å². The summed E-state index contributed by atoms with van der Waals surface area (Å²) in [6.07, 6.45) is 0.835. The first kappa shape index (κ1) is 22.0. The Labute approximate surface area is 190 Å². The summed E-state index contributed by atoms with van der Waals surface area (Å²) in [5.41, 5.74) is 3.85. The summed E-state index contributed by atoms with van der Waals surface area (Å²) in [5, 5.41) is 4.35. The second-order valence-electron chi connectivity index (χ2n) is 7.43. The summed E-state index contributed by atoms with van der Waals surface area (Å²) in [5.74, 6) is 0.728. The van der Waals surface area contributed by atoms with Gasteiger partial charge in [-0.25, -0.2) is 4.98 Å². The maximum absolute atomic E-state index is 13.3. The number of methoxy groups -OCH3 is 1. The smallest absolute Gasteiger partial charge is 0.278 e. The lowest BCUT2D eigenvalue weighted by atomic mass is 10.1. The third-order valence-electron chi connectivity index (χ3n) is 5.59. The lowest BCUT2D eigenvalue weighted by Crippen LogP contribution is -2.24. The molecular formula is C24H26N4O3S. The Morgan fingerprint density at radius 2 is 1.97 bits per heavy atom. The molecule has 0 atom stereocenters. The quantitative estimate of drug-likeness (QED) is 0.337. The number of carbonyl (C=O) groups is 1. The number of nitrogens with zero attached hydrogens (tertiary/aromatic N) is 3. The summed E-state index contributed by atoms with van der Waals surface area (Å²) in [6.45, 7) is 4.43. The van der Waals surface area contributed by atoms with Crippen LogP contribution in [0.2, 0.25) is 0 Å². The first-order valence-electron chi connectivity index (χ1n) is 10.6. The second kappa shape index (κ2) is 9.08. The average molecular weight is 451 g/mol. The Morgan fingerprint density at radius 3 is 2.69 bits per heavy atom. The third kappa shape index (κ3) is 3.86. The molecule has 8 heteroatoms. The van der Waals surface area contributed by atoms with Gasteiger partial charge in [-0.3, -0.25) is 14.2 Å². The molecule has 0 aliphatic carbocycles. The number of hydrogen-bond donors (Lipinski definition) is 1. The van der Waals surface area contributed by atoms with E-state index in [1.165, 1.54) is 11.8 Å². The summed E-state index contributed by atoms with van der Waals surface area (Å²) in [7, 11) is 3.48. The van der Waals surface area contributed by atoms with Crippen molar-refractivity contribution in [2.45, 2.75) is 32.0 Å². The van der Waals surface area contributed by atoms with Gasteiger partial charge in [0.15, 0.2) is 5.16 Å². The fourth-order valence-electron chi connectivity index (χ4n) is 3.92. The van der Waals surface area contributed by atoms with Crippen molar-refractivity contribution in [1.29, 1.82) is 0 Å². The topological polar surface area (TPSA) is 78.2 Å². The molecule has 4 rings (SSSR count). The maximum Gasteiger partial charge on any atom is 0.278 e. The van der Waals surface area contributed by atoms with E-state index in [0.29, 0.717) is 28.5 Å². The highest BCUT2D eigenvalue weighted by Gasteiger charge is 2.19. The minimum atomic E-state index is -0.132. The van der Waals surface area contributed by atoms with Crippen molar-refractivity contribution in [3.8, 4) is 5.75 Å². The summed E-state index contributed by atoms with van der Waals surface area (Å²) < 4.78 is 8.85. The Balaban J connectivity index is 1.69. The molecule has 0 spiro atoms. The molecule has 0 aliphatic heterocycles. The minimum Gasteiger partial charge on any atom is -0.497 e. The van der Waals surface area contributed by atoms with Gasteiger partial charge >= 0.3 is 0 Å². The number of amides is 1. The Kier molecular flexibility index (Phi) is 6.23. The van der Waals surface area contributed by atoms with E-state index in [4.69, 9.17) is 9.72 Å². The molecule has 0 radical (unpaired) electrons. The number of anilines is 1. The third-order valence-corrected chi connectivity index (χ3v) is 6.56. The highest BCUT2D eigenvalue weighted by Crippen LogP contribution is 2.30. The number of ether oxygens (including phenoxy) is 1. The van der Waals surface area contributed by atoms with Gasteiger partial charge < -0.3 is 14.6 Å². The van der Waals surface area contributed by atoms with Crippen LogP contribution in [-0.2, 0) is 24.8 Å². The number of fused-ring (bicyclic) bond motifs is 3. The van der Waals surface area contributed by atoms with Gasteiger partial charge in [-0.05, 0) is 43.2 Å². The molecule has 166 valence electrons. The van der Waals surface area contributed by atoms with Crippen LogP contribution in [-0.4, -0.2) is 32.9 Å². The molecular weight excluding hydrogens is 424 g/mol. The standard InChI is InChI=1S/C24H26N4O3S/c1-5-15-9-7-8-10-18(15)25-20(29)14-32-24-26-21-17-13-16(31-4)11-12-19(17)27(3)22(21)23(30)28(24)6-2/h7-13H,5-6,14H2,1-4H3,(H,25,29). The van der Waals surface area contributed by atoms with Crippen LogP contribution in [0.1, 0.15) is 19.4 Å². The number of aryl methyl sites for hydroxylation is 2. The van der Waals surface area contributed by atoms with Crippen LogP contribution >= 0.6 is 11.8 Å². The van der Waals surface area contributed by atoms with Crippen molar-refractivity contribution >= 4 is 45.3 Å². The fourth-order valence-corrected chi connectivity index (χ4v) is 4.77. The number of para-hydroxylation sites is 1. The molecule has 32 heavy (non-hydrogen) atoms. The zero-order valence-corrected chi connectivity index (χ0v) is 19.5. The largest absolute Gasteiger partial charge is 0.497 e. The van der Waals surface area contributed by atoms with Crippen molar-refractivity contribution in [2.75, 3.05) is 18.2 Å². The molecule has 0 bridgehead atoms. The van der Waals surface area contributed by atoms with Gasteiger partial charge in [-0.1, -0.05) is 36.9 Å². The SMILES string of the molecule is CCc1ccccc1NC(=O)CSc1nc2c3cc(OC)ccc3n(C)c2c(=O)n1CC. The van der Waals surface area contributed by atoms with Gasteiger partial charge in [0, 0.05) is 24.7 Å². The Hall–Kier alpha value is -3.26. The average Bonchev–Trinajstić information content (AvgIpc) is 3.09. The number of carbonyl (C=O) groups excluding carboxylic acids is 1. The van der Waals surface area contributed by atoms with E-state index in [0.717, 1.165) is 28.6 Å². The zero-order valence-electron chi connectivity index (χ0n) is 18.6. The van der Waals surface area contributed by atoms with Gasteiger partial charge in [0.05, 0.1) is 18.4 Å².